The Bertz CT molecular complexity index is 490. The third-order valence-electron chi connectivity index (χ3n) is 2.69. The average molecular weight is 284 g/mol. The molecule has 20 heavy (non-hydrogen) atoms. The molecule has 0 atom stereocenters. The number of rotatable bonds is 7. The second-order valence-corrected chi connectivity index (χ2v) is 4.70. The normalized spacial score (nSPS) is 10.7. The van der Waals surface area contributed by atoms with Crippen LogP contribution < -0.4 is 5.32 Å². The highest BCUT2D eigenvalue weighted by Crippen LogP contribution is 2.12. The van der Waals surface area contributed by atoms with Crippen molar-refractivity contribution in [3.8, 4) is 0 Å². The van der Waals surface area contributed by atoms with E-state index in [9.17, 15) is 18.4 Å². The lowest BCUT2D eigenvalue weighted by atomic mass is 10.1. The Kier molecular flexibility index (Phi) is 6.24. The summed E-state index contributed by atoms with van der Waals surface area (Å²) in [5, 5.41) is 2.66. The van der Waals surface area contributed by atoms with E-state index in [1.165, 1.54) is 0 Å². The topological polar surface area (TPSA) is 49.4 Å². The summed E-state index contributed by atoms with van der Waals surface area (Å²) in [4.78, 5) is 25.1. The number of Topliss-reactive ketones (excluding diaryl/α,β-unsaturated/α-hetero) is 1. The summed E-state index contributed by atoms with van der Waals surface area (Å²) >= 11 is 0. The number of halogens is 2. The average Bonchev–Trinajstić information content (AvgIpc) is 2.35. The van der Waals surface area contributed by atoms with Gasteiger partial charge >= 0.3 is 0 Å². The quantitative estimate of drug-likeness (QED) is 0.774. The third kappa shape index (κ3) is 5.44. The highest BCUT2D eigenvalue weighted by Gasteiger charge is 2.14. The molecule has 0 fully saturated rings. The molecule has 4 nitrogen and oxygen atoms in total. The van der Waals surface area contributed by atoms with Crippen LogP contribution in [0.2, 0.25) is 0 Å². The fraction of sp³-hybridized carbons (Fsp3) is 0.429. The van der Waals surface area contributed by atoms with E-state index >= 15 is 0 Å². The largest absolute Gasteiger partial charge is 0.355 e. The molecule has 0 saturated carbocycles. The van der Waals surface area contributed by atoms with Gasteiger partial charge in [-0.1, -0.05) is 0 Å². The molecule has 6 heteroatoms. The Morgan fingerprint density at radius 2 is 1.90 bits per heavy atom. The first-order chi connectivity index (χ1) is 9.40. The molecule has 1 N–H and O–H groups in total. The van der Waals surface area contributed by atoms with Gasteiger partial charge in [-0.05, 0) is 26.2 Å². The number of carbonyl (C=O) groups excluding carboxylic acids is 2. The van der Waals surface area contributed by atoms with E-state index in [0.29, 0.717) is 19.2 Å². The van der Waals surface area contributed by atoms with Crippen molar-refractivity contribution in [1.29, 1.82) is 0 Å². The molecule has 0 aliphatic carbocycles. The summed E-state index contributed by atoms with van der Waals surface area (Å²) in [6, 6.07) is 2.77. The van der Waals surface area contributed by atoms with Crippen molar-refractivity contribution in [3.05, 3.63) is 35.4 Å². The molecule has 0 aromatic heterocycles. The van der Waals surface area contributed by atoms with Crippen molar-refractivity contribution in [2.24, 2.45) is 0 Å². The molecule has 1 amide bonds. The zero-order chi connectivity index (χ0) is 15.1. The lowest BCUT2D eigenvalue weighted by molar-refractivity contribution is -0.121. The van der Waals surface area contributed by atoms with Crippen LogP contribution in [0, 0.1) is 11.6 Å². The van der Waals surface area contributed by atoms with Crippen molar-refractivity contribution in [2.45, 2.75) is 12.8 Å². The molecule has 0 aliphatic rings. The molecule has 1 aromatic carbocycles. The molecule has 0 unspecified atom stereocenters. The van der Waals surface area contributed by atoms with Gasteiger partial charge in [-0.3, -0.25) is 9.59 Å². The SMILES string of the molecule is CN(C)CCNC(=O)CCC(=O)c1ccc(F)cc1F. The van der Waals surface area contributed by atoms with Crippen molar-refractivity contribution < 1.29 is 18.4 Å². The maximum Gasteiger partial charge on any atom is 0.220 e. The summed E-state index contributed by atoms with van der Waals surface area (Å²) in [6.45, 7) is 1.19. The number of likely N-dealkylation sites (N-methyl/N-ethyl adjacent to an activating group) is 1. The number of hydrogen-bond donors (Lipinski definition) is 1. The lowest BCUT2D eigenvalue weighted by Crippen LogP contribution is -2.31. The van der Waals surface area contributed by atoms with Gasteiger partial charge in [-0.25, -0.2) is 8.78 Å². The molecular weight excluding hydrogens is 266 g/mol. The van der Waals surface area contributed by atoms with Crippen LogP contribution in [0.15, 0.2) is 18.2 Å². The molecule has 0 radical (unpaired) electrons. The number of amides is 1. The third-order valence-corrected chi connectivity index (χ3v) is 2.69. The van der Waals surface area contributed by atoms with Crippen LogP contribution in [0.3, 0.4) is 0 Å². The first-order valence-corrected chi connectivity index (χ1v) is 6.30. The first-order valence-electron chi connectivity index (χ1n) is 6.30. The number of ketones is 1. The predicted molar refractivity (Wildman–Crippen MR) is 71.5 cm³/mol. The van der Waals surface area contributed by atoms with Gasteiger partial charge in [0.05, 0.1) is 5.56 Å². The minimum Gasteiger partial charge on any atom is -0.355 e. The maximum absolute atomic E-state index is 13.3. The minimum absolute atomic E-state index is 0.0108. The van der Waals surface area contributed by atoms with Crippen LogP contribution >= 0.6 is 0 Å². The summed E-state index contributed by atoms with van der Waals surface area (Å²) in [6.07, 6.45) is -0.112. The van der Waals surface area contributed by atoms with Crippen LogP contribution in [0.1, 0.15) is 23.2 Å². The molecule has 0 heterocycles. The van der Waals surface area contributed by atoms with Gasteiger partial charge in [0.15, 0.2) is 5.78 Å². The Labute approximate surface area is 116 Å². The number of hydrogen-bond acceptors (Lipinski definition) is 3. The summed E-state index contributed by atoms with van der Waals surface area (Å²) in [5.41, 5.74) is -0.188. The van der Waals surface area contributed by atoms with E-state index in [2.05, 4.69) is 5.32 Å². The fourth-order valence-electron chi connectivity index (χ4n) is 1.58. The Balaban J connectivity index is 2.41. The van der Waals surface area contributed by atoms with Crippen LogP contribution in [0.4, 0.5) is 8.78 Å². The Morgan fingerprint density at radius 3 is 2.50 bits per heavy atom. The van der Waals surface area contributed by atoms with Gasteiger partial charge in [-0.2, -0.15) is 0 Å². The van der Waals surface area contributed by atoms with Gasteiger partial charge < -0.3 is 10.2 Å². The standard InChI is InChI=1S/C14H18F2N2O2/c1-18(2)8-7-17-14(20)6-5-13(19)11-4-3-10(15)9-12(11)16/h3-4,9H,5-8H2,1-2H3,(H,17,20). The highest BCUT2D eigenvalue weighted by atomic mass is 19.1. The molecule has 110 valence electrons. The van der Waals surface area contributed by atoms with Crippen LogP contribution in [0.25, 0.3) is 0 Å². The van der Waals surface area contributed by atoms with Gasteiger partial charge in [0.1, 0.15) is 11.6 Å². The van der Waals surface area contributed by atoms with Gasteiger partial charge in [0.2, 0.25) is 5.91 Å². The minimum atomic E-state index is -0.900. The number of nitrogens with one attached hydrogen (secondary N) is 1. The Hall–Kier alpha value is -1.82. The fourth-order valence-corrected chi connectivity index (χ4v) is 1.58. The molecule has 1 aromatic rings. The molecule has 0 spiro atoms. The molecule has 0 bridgehead atoms. The van der Waals surface area contributed by atoms with Crippen LogP contribution in [-0.4, -0.2) is 43.8 Å². The van der Waals surface area contributed by atoms with E-state index in [1.807, 2.05) is 19.0 Å². The van der Waals surface area contributed by atoms with E-state index in [-0.39, 0.29) is 24.3 Å². The Morgan fingerprint density at radius 1 is 1.20 bits per heavy atom. The summed E-state index contributed by atoms with van der Waals surface area (Å²) in [7, 11) is 3.76. The molecule has 0 saturated heterocycles. The van der Waals surface area contributed by atoms with E-state index in [0.717, 1.165) is 12.1 Å². The monoisotopic (exact) mass is 284 g/mol. The van der Waals surface area contributed by atoms with E-state index in [1.54, 1.807) is 0 Å². The molecule has 1 rings (SSSR count). The van der Waals surface area contributed by atoms with Crippen LogP contribution in [0.5, 0.6) is 0 Å². The van der Waals surface area contributed by atoms with Crippen LogP contribution in [-0.2, 0) is 4.79 Å². The molecule has 0 aliphatic heterocycles. The molecular formula is C14H18F2N2O2. The summed E-state index contributed by atoms with van der Waals surface area (Å²) in [5.74, 6) is -2.41. The highest BCUT2D eigenvalue weighted by molar-refractivity contribution is 5.98. The van der Waals surface area contributed by atoms with Crippen molar-refractivity contribution in [3.63, 3.8) is 0 Å². The number of benzene rings is 1. The maximum atomic E-state index is 13.3. The van der Waals surface area contributed by atoms with Crippen molar-refractivity contribution in [2.75, 3.05) is 27.2 Å². The van der Waals surface area contributed by atoms with Crippen molar-refractivity contribution in [1.82, 2.24) is 10.2 Å². The zero-order valence-corrected chi connectivity index (χ0v) is 11.6. The van der Waals surface area contributed by atoms with Crippen molar-refractivity contribution >= 4 is 11.7 Å². The van der Waals surface area contributed by atoms with Gasteiger partial charge in [0.25, 0.3) is 0 Å². The van der Waals surface area contributed by atoms with Gasteiger partial charge in [0, 0.05) is 32.0 Å². The second kappa shape index (κ2) is 7.69. The first kappa shape index (κ1) is 16.2. The summed E-state index contributed by atoms with van der Waals surface area (Å²) < 4.78 is 26.1. The van der Waals surface area contributed by atoms with E-state index in [4.69, 9.17) is 0 Å². The number of nitrogens with zero attached hydrogens (tertiary/aromatic N) is 1. The lowest BCUT2D eigenvalue weighted by Gasteiger charge is -2.10. The predicted octanol–water partition coefficient (Wildman–Crippen LogP) is 1.61. The number of carbonyl (C=O) groups is 2. The van der Waals surface area contributed by atoms with E-state index < -0.39 is 17.4 Å². The second-order valence-electron chi connectivity index (χ2n) is 4.70. The smallest absolute Gasteiger partial charge is 0.220 e. The zero-order valence-electron chi connectivity index (χ0n) is 11.6. The van der Waals surface area contributed by atoms with Gasteiger partial charge in [-0.15, -0.1) is 0 Å².